The normalized spacial score (nSPS) is 17.5. The first-order chi connectivity index (χ1) is 10.1. The molecule has 0 spiro atoms. The molecule has 0 bridgehead atoms. The van der Waals surface area contributed by atoms with Crippen molar-refractivity contribution >= 4 is 5.97 Å². The second kappa shape index (κ2) is 5.36. The summed E-state index contributed by atoms with van der Waals surface area (Å²) in [6, 6.07) is 14.5. The van der Waals surface area contributed by atoms with Gasteiger partial charge in [0.15, 0.2) is 0 Å². The van der Waals surface area contributed by atoms with Crippen molar-refractivity contribution in [3.63, 3.8) is 0 Å². The van der Waals surface area contributed by atoms with Gasteiger partial charge in [0.05, 0.1) is 6.42 Å². The van der Waals surface area contributed by atoms with Crippen molar-refractivity contribution < 1.29 is 9.53 Å². The highest BCUT2D eigenvalue weighted by atomic mass is 16.5. The van der Waals surface area contributed by atoms with Crippen molar-refractivity contribution in [3.05, 3.63) is 64.7 Å². The molecule has 108 valence electrons. The molecule has 2 nitrogen and oxygen atoms in total. The number of ether oxygens (including phenoxy) is 1. The van der Waals surface area contributed by atoms with Gasteiger partial charge in [-0.1, -0.05) is 56.3 Å². The highest BCUT2D eigenvalue weighted by molar-refractivity contribution is 5.79. The molecule has 0 amide bonds. The summed E-state index contributed by atoms with van der Waals surface area (Å²) in [6.07, 6.45) is 0.417. The molecule has 1 heterocycles. The average molecular weight is 280 g/mol. The Balaban J connectivity index is 2.23. The Labute approximate surface area is 125 Å². The molecule has 0 saturated carbocycles. The molecule has 1 atom stereocenters. The van der Waals surface area contributed by atoms with E-state index in [2.05, 4.69) is 38.1 Å². The van der Waals surface area contributed by atoms with Gasteiger partial charge in [0, 0.05) is 11.5 Å². The summed E-state index contributed by atoms with van der Waals surface area (Å²) in [5.41, 5.74) is 4.68. The summed E-state index contributed by atoms with van der Waals surface area (Å²) in [4.78, 5) is 12.0. The van der Waals surface area contributed by atoms with Crippen LogP contribution in [0.3, 0.4) is 0 Å². The Morgan fingerprint density at radius 1 is 1.10 bits per heavy atom. The Morgan fingerprint density at radius 3 is 2.48 bits per heavy atom. The monoisotopic (exact) mass is 280 g/mol. The molecule has 1 aliphatic heterocycles. The maximum Gasteiger partial charge on any atom is 0.312 e. The van der Waals surface area contributed by atoms with E-state index in [1.165, 1.54) is 16.7 Å². The van der Waals surface area contributed by atoms with Gasteiger partial charge in [-0.05, 0) is 29.5 Å². The van der Waals surface area contributed by atoms with E-state index in [0.717, 1.165) is 11.3 Å². The smallest absolute Gasteiger partial charge is 0.312 e. The van der Waals surface area contributed by atoms with Crippen LogP contribution in [0.15, 0.2) is 42.5 Å². The van der Waals surface area contributed by atoms with Crippen LogP contribution in [0.1, 0.15) is 54.4 Å². The molecule has 0 saturated heterocycles. The van der Waals surface area contributed by atoms with E-state index in [4.69, 9.17) is 4.74 Å². The first-order valence-corrected chi connectivity index (χ1v) is 7.47. The predicted octanol–water partition coefficient (Wildman–Crippen LogP) is 4.56. The van der Waals surface area contributed by atoms with E-state index in [1.807, 2.05) is 25.1 Å². The highest BCUT2D eigenvalue weighted by Gasteiger charge is 2.32. The molecule has 21 heavy (non-hydrogen) atoms. The van der Waals surface area contributed by atoms with Gasteiger partial charge in [-0.15, -0.1) is 0 Å². The maximum atomic E-state index is 12.0. The van der Waals surface area contributed by atoms with Gasteiger partial charge in [-0.3, -0.25) is 4.79 Å². The molecule has 0 aliphatic carbocycles. The van der Waals surface area contributed by atoms with Gasteiger partial charge in [0.2, 0.25) is 0 Å². The van der Waals surface area contributed by atoms with E-state index in [-0.39, 0.29) is 11.9 Å². The summed E-state index contributed by atoms with van der Waals surface area (Å²) in [7, 11) is 0. The summed E-state index contributed by atoms with van der Waals surface area (Å²) >= 11 is 0. The van der Waals surface area contributed by atoms with Gasteiger partial charge in [0.25, 0.3) is 0 Å². The fourth-order valence-electron chi connectivity index (χ4n) is 3.12. The highest BCUT2D eigenvalue weighted by Crippen LogP contribution is 2.44. The predicted molar refractivity (Wildman–Crippen MR) is 83.8 cm³/mol. The van der Waals surface area contributed by atoms with Crippen LogP contribution in [0.5, 0.6) is 5.75 Å². The van der Waals surface area contributed by atoms with Crippen molar-refractivity contribution in [1.82, 2.24) is 0 Å². The average Bonchev–Trinajstić information content (AvgIpc) is 2.48. The first kappa shape index (κ1) is 13.9. The van der Waals surface area contributed by atoms with Crippen LogP contribution < -0.4 is 4.74 Å². The van der Waals surface area contributed by atoms with E-state index >= 15 is 0 Å². The fraction of sp³-hybridized carbons (Fsp3) is 0.316. The minimum Gasteiger partial charge on any atom is -0.426 e. The zero-order chi connectivity index (χ0) is 15.0. The van der Waals surface area contributed by atoms with E-state index in [0.29, 0.717) is 12.3 Å². The van der Waals surface area contributed by atoms with Crippen LogP contribution in [0.2, 0.25) is 0 Å². The Bertz CT molecular complexity index is 671. The molecule has 2 heteroatoms. The van der Waals surface area contributed by atoms with Gasteiger partial charge >= 0.3 is 5.97 Å². The van der Waals surface area contributed by atoms with Gasteiger partial charge in [0.1, 0.15) is 5.75 Å². The summed E-state index contributed by atoms with van der Waals surface area (Å²) in [5, 5.41) is 0. The van der Waals surface area contributed by atoms with Crippen LogP contribution in [0, 0.1) is 6.92 Å². The zero-order valence-electron chi connectivity index (χ0n) is 12.7. The lowest BCUT2D eigenvalue weighted by atomic mass is 9.80. The summed E-state index contributed by atoms with van der Waals surface area (Å²) in [5.74, 6) is 1.13. The Kier molecular flexibility index (Phi) is 3.54. The Hall–Kier alpha value is -2.09. The number of carbonyl (C=O) groups excluding carboxylic acids is 1. The number of benzene rings is 2. The Morgan fingerprint density at radius 2 is 1.81 bits per heavy atom. The van der Waals surface area contributed by atoms with Crippen LogP contribution in [0.25, 0.3) is 0 Å². The number of hydrogen-bond acceptors (Lipinski definition) is 2. The lowest BCUT2D eigenvalue weighted by molar-refractivity contribution is -0.135. The van der Waals surface area contributed by atoms with Crippen molar-refractivity contribution in [2.75, 3.05) is 0 Å². The summed E-state index contributed by atoms with van der Waals surface area (Å²) < 4.78 is 5.57. The maximum absolute atomic E-state index is 12.0. The third-order valence-electron chi connectivity index (χ3n) is 4.19. The van der Waals surface area contributed by atoms with E-state index in [1.54, 1.807) is 0 Å². The molecule has 2 aromatic rings. The second-order valence-electron chi connectivity index (χ2n) is 6.01. The number of fused-ring (bicyclic) bond motifs is 1. The number of esters is 1. The molecule has 0 radical (unpaired) electrons. The van der Waals surface area contributed by atoms with Crippen LogP contribution in [0.4, 0.5) is 0 Å². The molecule has 0 aromatic heterocycles. The van der Waals surface area contributed by atoms with Gasteiger partial charge in [-0.2, -0.15) is 0 Å². The van der Waals surface area contributed by atoms with Gasteiger partial charge < -0.3 is 4.74 Å². The first-order valence-electron chi connectivity index (χ1n) is 7.47. The largest absolute Gasteiger partial charge is 0.426 e. The van der Waals surface area contributed by atoms with Crippen molar-refractivity contribution in [2.45, 2.75) is 39.0 Å². The quantitative estimate of drug-likeness (QED) is 0.595. The van der Waals surface area contributed by atoms with Crippen LogP contribution in [-0.2, 0) is 4.79 Å². The van der Waals surface area contributed by atoms with Crippen molar-refractivity contribution in [2.24, 2.45) is 0 Å². The van der Waals surface area contributed by atoms with Crippen LogP contribution >= 0.6 is 0 Å². The minimum absolute atomic E-state index is 0.0970. The lowest BCUT2D eigenvalue weighted by Crippen LogP contribution is -2.23. The number of aryl methyl sites for hydroxylation is 1. The third-order valence-corrected chi connectivity index (χ3v) is 4.19. The third kappa shape index (κ3) is 2.46. The van der Waals surface area contributed by atoms with E-state index in [9.17, 15) is 4.79 Å². The fourth-order valence-corrected chi connectivity index (χ4v) is 3.12. The lowest BCUT2D eigenvalue weighted by Gasteiger charge is -2.29. The van der Waals surface area contributed by atoms with Crippen LogP contribution in [-0.4, -0.2) is 5.97 Å². The topological polar surface area (TPSA) is 26.3 Å². The molecular weight excluding hydrogens is 260 g/mol. The summed E-state index contributed by atoms with van der Waals surface area (Å²) in [6.45, 7) is 6.37. The molecule has 2 aromatic carbocycles. The van der Waals surface area contributed by atoms with Crippen molar-refractivity contribution in [3.8, 4) is 5.75 Å². The zero-order valence-corrected chi connectivity index (χ0v) is 12.7. The SMILES string of the molecule is Cc1ccc(C(C)C)c2c1OC(=O)CC2c1ccccc1. The molecule has 1 aliphatic rings. The molecular formula is C19H20O2. The minimum atomic E-state index is -0.139. The molecule has 0 fully saturated rings. The second-order valence-corrected chi connectivity index (χ2v) is 6.01. The number of carbonyl (C=O) groups is 1. The standard InChI is InChI=1S/C19H20O2/c1-12(2)15-10-9-13(3)19-18(15)16(11-17(20)21-19)14-7-5-4-6-8-14/h4-10,12,16H,11H2,1-3H3. The number of hydrogen-bond donors (Lipinski definition) is 0. The molecule has 3 rings (SSSR count). The molecule has 0 N–H and O–H groups in total. The van der Waals surface area contributed by atoms with Crippen molar-refractivity contribution in [1.29, 1.82) is 0 Å². The van der Waals surface area contributed by atoms with Gasteiger partial charge in [-0.25, -0.2) is 0 Å². The number of rotatable bonds is 2. The molecule has 1 unspecified atom stereocenters. The van der Waals surface area contributed by atoms with E-state index < -0.39 is 0 Å².